The molecule has 0 aromatic heterocycles. The van der Waals surface area contributed by atoms with Crippen molar-refractivity contribution in [3.8, 4) is 11.5 Å². The van der Waals surface area contributed by atoms with E-state index in [1.807, 2.05) is 25.1 Å². The van der Waals surface area contributed by atoms with E-state index in [0.29, 0.717) is 35.2 Å². The number of thioether (sulfide) groups is 1. The second-order valence-electron chi connectivity index (χ2n) is 5.96. The Morgan fingerprint density at radius 3 is 2.59 bits per heavy atom. The molecule has 1 atom stereocenters. The molecular weight excluding hydrogens is 432 g/mol. The standard InChI is InChI=1S/C19H19BrN2O4S/c1-11(13-8-15-16(9-14(13)20)26-7-6-25-15)22-19(24)12-4-2-3-5-17(12)27-10-18(21)23/h2-5,8-9,11H,6-7,10H2,1H3,(H2,21,23)(H,22,24). The summed E-state index contributed by atoms with van der Waals surface area (Å²) in [5, 5.41) is 2.99. The number of amides is 2. The summed E-state index contributed by atoms with van der Waals surface area (Å²) in [7, 11) is 0. The molecule has 2 amide bonds. The highest BCUT2D eigenvalue weighted by Gasteiger charge is 2.20. The van der Waals surface area contributed by atoms with Gasteiger partial charge in [0.15, 0.2) is 11.5 Å². The minimum absolute atomic E-state index is 0.119. The normalized spacial score (nSPS) is 13.7. The summed E-state index contributed by atoms with van der Waals surface area (Å²) < 4.78 is 12.0. The van der Waals surface area contributed by atoms with Gasteiger partial charge in [-0.1, -0.05) is 28.1 Å². The number of fused-ring (bicyclic) bond motifs is 1. The Hall–Kier alpha value is -2.19. The minimum Gasteiger partial charge on any atom is -0.486 e. The second kappa shape index (κ2) is 8.67. The molecule has 1 aliphatic rings. The monoisotopic (exact) mass is 450 g/mol. The van der Waals surface area contributed by atoms with E-state index in [1.165, 1.54) is 11.8 Å². The fourth-order valence-electron chi connectivity index (χ4n) is 2.69. The van der Waals surface area contributed by atoms with Gasteiger partial charge in [-0.15, -0.1) is 11.8 Å². The van der Waals surface area contributed by atoms with Crippen LogP contribution in [0.5, 0.6) is 11.5 Å². The Morgan fingerprint density at radius 2 is 1.89 bits per heavy atom. The average Bonchev–Trinajstić information content (AvgIpc) is 2.65. The van der Waals surface area contributed by atoms with Crippen molar-refractivity contribution in [2.45, 2.75) is 17.9 Å². The predicted molar refractivity (Wildman–Crippen MR) is 107 cm³/mol. The van der Waals surface area contributed by atoms with Crippen molar-refractivity contribution >= 4 is 39.5 Å². The Bertz CT molecular complexity index is 875. The maximum Gasteiger partial charge on any atom is 0.252 e. The first-order valence-corrected chi connectivity index (χ1v) is 10.1. The van der Waals surface area contributed by atoms with Crippen LogP contribution in [0.1, 0.15) is 28.9 Å². The molecule has 0 saturated heterocycles. The summed E-state index contributed by atoms with van der Waals surface area (Å²) in [4.78, 5) is 24.5. The summed E-state index contributed by atoms with van der Waals surface area (Å²) in [5.41, 5.74) is 6.60. The lowest BCUT2D eigenvalue weighted by Gasteiger charge is -2.22. The Morgan fingerprint density at radius 1 is 1.22 bits per heavy atom. The molecule has 0 saturated carbocycles. The minimum atomic E-state index is -0.427. The van der Waals surface area contributed by atoms with Crippen molar-refractivity contribution in [2.24, 2.45) is 5.73 Å². The van der Waals surface area contributed by atoms with Gasteiger partial charge in [0.2, 0.25) is 5.91 Å². The van der Waals surface area contributed by atoms with Crippen molar-refractivity contribution in [3.63, 3.8) is 0 Å². The van der Waals surface area contributed by atoms with Crippen LogP contribution in [-0.4, -0.2) is 30.8 Å². The van der Waals surface area contributed by atoms with Crippen LogP contribution >= 0.6 is 27.7 Å². The highest BCUT2D eigenvalue weighted by Crippen LogP contribution is 2.38. The molecule has 1 unspecified atom stereocenters. The summed E-state index contributed by atoms with van der Waals surface area (Å²) in [6.07, 6.45) is 0. The van der Waals surface area contributed by atoms with Gasteiger partial charge in [-0.2, -0.15) is 0 Å². The molecule has 142 valence electrons. The molecule has 0 spiro atoms. The molecular formula is C19H19BrN2O4S. The maximum absolute atomic E-state index is 12.8. The predicted octanol–water partition coefficient (Wildman–Crippen LogP) is 3.29. The van der Waals surface area contributed by atoms with E-state index >= 15 is 0 Å². The summed E-state index contributed by atoms with van der Waals surface area (Å²) in [6.45, 7) is 2.91. The highest BCUT2D eigenvalue weighted by molar-refractivity contribution is 9.10. The SMILES string of the molecule is CC(NC(=O)c1ccccc1SCC(N)=O)c1cc2c(cc1Br)OCCO2. The second-order valence-corrected chi connectivity index (χ2v) is 7.84. The molecule has 1 aliphatic heterocycles. The van der Waals surface area contributed by atoms with Crippen molar-refractivity contribution in [3.05, 3.63) is 52.0 Å². The summed E-state index contributed by atoms with van der Waals surface area (Å²) >= 11 is 4.78. The van der Waals surface area contributed by atoms with E-state index < -0.39 is 5.91 Å². The quantitative estimate of drug-likeness (QED) is 0.658. The summed E-state index contributed by atoms with van der Waals surface area (Å²) in [6, 6.07) is 10.6. The lowest BCUT2D eigenvalue weighted by molar-refractivity contribution is -0.115. The zero-order valence-electron chi connectivity index (χ0n) is 14.7. The highest BCUT2D eigenvalue weighted by atomic mass is 79.9. The van der Waals surface area contributed by atoms with Crippen LogP contribution in [0.15, 0.2) is 45.8 Å². The molecule has 1 heterocycles. The number of carbonyl (C=O) groups excluding carboxylic acids is 2. The number of hydrogen-bond donors (Lipinski definition) is 2. The third kappa shape index (κ3) is 4.75. The number of halogens is 1. The van der Waals surface area contributed by atoms with E-state index in [4.69, 9.17) is 15.2 Å². The molecule has 2 aromatic rings. The van der Waals surface area contributed by atoms with Gasteiger partial charge >= 0.3 is 0 Å². The topological polar surface area (TPSA) is 90.7 Å². The van der Waals surface area contributed by atoms with Gasteiger partial charge in [0, 0.05) is 9.37 Å². The zero-order valence-corrected chi connectivity index (χ0v) is 17.1. The molecule has 8 heteroatoms. The molecule has 27 heavy (non-hydrogen) atoms. The van der Waals surface area contributed by atoms with Gasteiger partial charge in [0.05, 0.1) is 17.4 Å². The van der Waals surface area contributed by atoms with Crippen molar-refractivity contribution < 1.29 is 19.1 Å². The first kappa shape index (κ1) is 19.6. The lowest BCUT2D eigenvalue weighted by Crippen LogP contribution is -2.27. The van der Waals surface area contributed by atoms with Crippen LogP contribution in [0, 0.1) is 0 Å². The van der Waals surface area contributed by atoms with Gasteiger partial charge < -0.3 is 20.5 Å². The van der Waals surface area contributed by atoms with Gasteiger partial charge in [-0.05, 0) is 36.8 Å². The van der Waals surface area contributed by atoms with Crippen molar-refractivity contribution in [2.75, 3.05) is 19.0 Å². The first-order valence-electron chi connectivity index (χ1n) is 8.35. The fourth-order valence-corrected chi connectivity index (χ4v) is 4.15. The zero-order chi connectivity index (χ0) is 19.4. The smallest absolute Gasteiger partial charge is 0.252 e. The Kier molecular flexibility index (Phi) is 6.28. The average molecular weight is 451 g/mol. The van der Waals surface area contributed by atoms with Gasteiger partial charge in [0.1, 0.15) is 13.2 Å². The molecule has 6 nitrogen and oxygen atoms in total. The van der Waals surface area contributed by atoms with Crippen LogP contribution in [0.25, 0.3) is 0 Å². The number of benzene rings is 2. The van der Waals surface area contributed by atoms with Crippen LogP contribution < -0.4 is 20.5 Å². The van der Waals surface area contributed by atoms with Gasteiger partial charge in [0.25, 0.3) is 5.91 Å². The van der Waals surface area contributed by atoms with E-state index in [2.05, 4.69) is 21.2 Å². The third-order valence-corrected chi connectivity index (χ3v) is 5.76. The number of nitrogens with two attached hydrogens (primary N) is 1. The number of ether oxygens (including phenoxy) is 2. The molecule has 3 N–H and O–H groups in total. The molecule has 0 bridgehead atoms. The first-order chi connectivity index (χ1) is 13.0. The third-order valence-electron chi connectivity index (χ3n) is 3.98. The van der Waals surface area contributed by atoms with E-state index in [-0.39, 0.29) is 17.7 Å². The number of primary amides is 1. The Balaban J connectivity index is 1.78. The number of hydrogen-bond acceptors (Lipinski definition) is 5. The van der Waals surface area contributed by atoms with Crippen LogP contribution in [0.3, 0.4) is 0 Å². The fraction of sp³-hybridized carbons (Fsp3) is 0.263. The van der Waals surface area contributed by atoms with E-state index in [9.17, 15) is 9.59 Å². The van der Waals surface area contributed by atoms with Crippen LogP contribution in [-0.2, 0) is 4.79 Å². The Labute approximate surface area is 169 Å². The van der Waals surface area contributed by atoms with E-state index in [0.717, 1.165) is 10.0 Å². The molecule has 0 fully saturated rings. The molecule has 2 aromatic carbocycles. The van der Waals surface area contributed by atoms with Gasteiger partial charge in [-0.25, -0.2) is 0 Å². The maximum atomic E-state index is 12.8. The van der Waals surface area contributed by atoms with Crippen LogP contribution in [0.4, 0.5) is 0 Å². The van der Waals surface area contributed by atoms with E-state index in [1.54, 1.807) is 18.2 Å². The largest absolute Gasteiger partial charge is 0.486 e. The molecule has 0 aliphatic carbocycles. The van der Waals surface area contributed by atoms with Crippen molar-refractivity contribution in [1.29, 1.82) is 0 Å². The number of rotatable bonds is 6. The summed E-state index contributed by atoms with van der Waals surface area (Å²) in [5.74, 6) is 0.815. The van der Waals surface area contributed by atoms with Crippen LogP contribution in [0.2, 0.25) is 0 Å². The lowest BCUT2D eigenvalue weighted by atomic mass is 10.1. The number of nitrogens with one attached hydrogen (secondary N) is 1. The van der Waals surface area contributed by atoms with Gasteiger partial charge in [-0.3, -0.25) is 9.59 Å². The number of carbonyl (C=O) groups is 2. The van der Waals surface area contributed by atoms with Crippen molar-refractivity contribution in [1.82, 2.24) is 5.32 Å². The molecule has 3 rings (SSSR count). The molecule has 0 radical (unpaired) electrons.